The average Bonchev–Trinajstić information content (AvgIpc) is 2.79. The number of hydrogen-bond acceptors (Lipinski definition) is 6. The van der Waals surface area contributed by atoms with Crippen LogP contribution in [0.1, 0.15) is 21.5 Å². The van der Waals surface area contributed by atoms with Crippen molar-refractivity contribution in [2.24, 2.45) is 5.10 Å². The first-order valence-electron chi connectivity index (χ1n) is 9.68. The predicted molar refractivity (Wildman–Crippen MR) is 128 cm³/mol. The van der Waals surface area contributed by atoms with Gasteiger partial charge in [-0.15, -0.1) is 0 Å². The fraction of sp³-hybridized carbons (Fsp3) is 0.130. The Balaban J connectivity index is 1.63. The number of anilines is 1. The maximum atomic E-state index is 12.2. The number of pyridine rings is 1. The molecule has 1 heterocycles. The Bertz CT molecular complexity index is 1180. The third kappa shape index (κ3) is 6.68. The molecule has 0 fully saturated rings. The first kappa shape index (κ1) is 24.0. The number of carbonyl (C=O) groups excluding carboxylic acids is 2. The molecular weight excluding hydrogens is 467 g/mol. The Morgan fingerprint density at radius 2 is 1.91 bits per heavy atom. The molecule has 0 radical (unpaired) electrons. The molecule has 33 heavy (non-hydrogen) atoms. The highest BCUT2D eigenvalue weighted by atomic mass is 35.5. The van der Waals surface area contributed by atoms with Gasteiger partial charge in [0.25, 0.3) is 11.8 Å². The summed E-state index contributed by atoms with van der Waals surface area (Å²) in [5.41, 5.74) is 4.84. The molecule has 0 bridgehead atoms. The summed E-state index contributed by atoms with van der Waals surface area (Å²) in [4.78, 5) is 28.2. The standard InChI is InChI=1S/C23H20Cl2N4O4/c1-14-5-7-16(8-6-14)28-20(30)13-33-21-18(24)10-15(11-19(21)32-2)12-27-29-23(31)17-4-3-9-26-22(17)25/h3-12H,13H2,1-2H3,(H,28,30)(H,29,31). The molecule has 3 rings (SSSR count). The summed E-state index contributed by atoms with van der Waals surface area (Å²) in [6.07, 6.45) is 2.86. The van der Waals surface area contributed by atoms with Crippen molar-refractivity contribution in [3.63, 3.8) is 0 Å². The third-order valence-corrected chi connectivity index (χ3v) is 4.90. The van der Waals surface area contributed by atoms with Gasteiger partial charge in [-0.25, -0.2) is 10.4 Å². The van der Waals surface area contributed by atoms with Crippen LogP contribution in [0.5, 0.6) is 11.5 Å². The minimum atomic E-state index is -0.512. The molecule has 2 amide bonds. The largest absolute Gasteiger partial charge is 0.493 e. The number of nitrogens with zero attached hydrogens (tertiary/aromatic N) is 2. The van der Waals surface area contributed by atoms with Crippen molar-refractivity contribution in [2.45, 2.75) is 6.92 Å². The van der Waals surface area contributed by atoms with E-state index < -0.39 is 5.91 Å². The quantitative estimate of drug-likeness (QED) is 0.277. The molecule has 8 nitrogen and oxygen atoms in total. The zero-order valence-electron chi connectivity index (χ0n) is 17.8. The van der Waals surface area contributed by atoms with Crippen LogP contribution >= 0.6 is 23.2 Å². The van der Waals surface area contributed by atoms with Gasteiger partial charge in [0.15, 0.2) is 18.1 Å². The number of aromatic nitrogens is 1. The molecule has 3 aromatic rings. The van der Waals surface area contributed by atoms with Crippen molar-refractivity contribution >= 4 is 46.9 Å². The summed E-state index contributed by atoms with van der Waals surface area (Å²) in [7, 11) is 1.44. The van der Waals surface area contributed by atoms with Gasteiger partial charge < -0.3 is 14.8 Å². The molecule has 2 N–H and O–H groups in total. The molecule has 0 aliphatic rings. The van der Waals surface area contributed by atoms with E-state index >= 15 is 0 Å². The first-order valence-corrected chi connectivity index (χ1v) is 10.4. The fourth-order valence-electron chi connectivity index (χ4n) is 2.71. The Kier molecular flexibility index (Phi) is 8.23. The van der Waals surface area contributed by atoms with Gasteiger partial charge in [-0.2, -0.15) is 5.10 Å². The molecule has 0 saturated carbocycles. The van der Waals surface area contributed by atoms with E-state index in [1.165, 1.54) is 25.6 Å². The zero-order valence-corrected chi connectivity index (χ0v) is 19.3. The van der Waals surface area contributed by atoms with Gasteiger partial charge in [-0.05, 0) is 48.9 Å². The number of ether oxygens (including phenoxy) is 2. The van der Waals surface area contributed by atoms with Crippen molar-refractivity contribution in [1.29, 1.82) is 0 Å². The van der Waals surface area contributed by atoms with E-state index in [2.05, 4.69) is 20.8 Å². The van der Waals surface area contributed by atoms with Crippen LogP contribution in [0.25, 0.3) is 0 Å². The van der Waals surface area contributed by atoms with Gasteiger partial charge >= 0.3 is 0 Å². The lowest BCUT2D eigenvalue weighted by Crippen LogP contribution is -2.20. The van der Waals surface area contributed by atoms with Crippen LogP contribution in [0.4, 0.5) is 5.69 Å². The van der Waals surface area contributed by atoms with E-state index in [1.54, 1.807) is 30.3 Å². The molecule has 0 aliphatic carbocycles. The van der Waals surface area contributed by atoms with Gasteiger partial charge in [0.1, 0.15) is 5.15 Å². The molecule has 0 unspecified atom stereocenters. The van der Waals surface area contributed by atoms with Crippen LogP contribution in [0.15, 0.2) is 59.8 Å². The molecule has 1 aromatic heterocycles. The molecule has 0 aliphatic heterocycles. The summed E-state index contributed by atoms with van der Waals surface area (Å²) in [5, 5.41) is 6.92. The fourth-order valence-corrected chi connectivity index (χ4v) is 3.19. The van der Waals surface area contributed by atoms with Gasteiger partial charge in [0, 0.05) is 11.9 Å². The number of hydrogen-bond donors (Lipinski definition) is 2. The van der Waals surface area contributed by atoms with Crippen molar-refractivity contribution in [1.82, 2.24) is 10.4 Å². The number of carbonyl (C=O) groups is 2. The number of benzene rings is 2. The lowest BCUT2D eigenvalue weighted by molar-refractivity contribution is -0.118. The summed E-state index contributed by atoms with van der Waals surface area (Å²) in [6, 6.07) is 13.7. The SMILES string of the molecule is COc1cc(C=NNC(=O)c2cccnc2Cl)cc(Cl)c1OCC(=O)Nc1ccc(C)cc1. The number of nitrogens with one attached hydrogen (secondary N) is 2. The lowest BCUT2D eigenvalue weighted by atomic mass is 10.2. The van der Waals surface area contributed by atoms with Crippen molar-refractivity contribution in [3.8, 4) is 11.5 Å². The number of aryl methyl sites for hydroxylation is 1. The second-order valence-corrected chi connectivity index (χ2v) is 7.54. The summed E-state index contributed by atoms with van der Waals surface area (Å²) in [6.45, 7) is 1.70. The number of amides is 2. The maximum absolute atomic E-state index is 12.2. The van der Waals surface area contributed by atoms with E-state index in [1.807, 2.05) is 19.1 Å². The molecular formula is C23H20Cl2N4O4. The minimum Gasteiger partial charge on any atom is -0.493 e. The van der Waals surface area contributed by atoms with Crippen molar-refractivity contribution < 1.29 is 19.1 Å². The van der Waals surface area contributed by atoms with Crippen molar-refractivity contribution in [2.75, 3.05) is 19.0 Å². The summed E-state index contributed by atoms with van der Waals surface area (Å²) < 4.78 is 10.9. The number of rotatable bonds is 8. The second kappa shape index (κ2) is 11.3. The Morgan fingerprint density at radius 3 is 2.61 bits per heavy atom. The van der Waals surface area contributed by atoms with Gasteiger partial charge in [0.05, 0.1) is 23.9 Å². The summed E-state index contributed by atoms with van der Waals surface area (Å²) >= 11 is 12.2. The third-order valence-electron chi connectivity index (χ3n) is 4.32. The van der Waals surface area contributed by atoms with E-state index in [9.17, 15) is 9.59 Å². The lowest BCUT2D eigenvalue weighted by Gasteiger charge is -2.13. The Labute approximate surface area is 200 Å². The van der Waals surface area contributed by atoms with Crippen LogP contribution in [-0.4, -0.2) is 36.7 Å². The van der Waals surface area contributed by atoms with Crippen LogP contribution in [0.2, 0.25) is 10.2 Å². The molecule has 0 spiro atoms. The zero-order chi connectivity index (χ0) is 23.8. The molecule has 0 saturated heterocycles. The molecule has 10 heteroatoms. The monoisotopic (exact) mass is 486 g/mol. The minimum absolute atomic E-state index is 0.0721. The molecule has 0 atom stereocenters. The van der Waals surface area contributed by atoms with Gasteiger partial charge in [0.2, 0.25) is 0 Å². The van der Waals surface area contributed by atoms with E-state index in [-0.39, 0.29) is 34.0 Å². The van der Waals surface area contributed by atoms with Crippen LogP contribution < -0.4 is 20.2 Å². The smallest absolute Gasteiger partial charge is 0.274 e. The van der Waals surface area contributed by atoms with E-state index in [0.717, 1.165) is 5.56 Å². The molecule has 170 valence electrons. The van der Waals surface area contributed by atoms with Gasteiger partial charge in [-0.1, -0.05) is 40.9 Å². The number of hydrazone groups is 1. The van der Waals surface area contributed by atoms with Crippen LogP contribution in [-0.2, 0) is 4.79 Å². The van der Waals surface area contributed by atoms with Crippen LogP contribution in [0, 0.1) is 6.92 Å². The summed E-state index contributed by atoms with van der Waals surface area (Å²) in [5.74, 6) is -0.350. The Hall–Kier alpha value is -3.62. The Morgan fingerprint density at radius 1 is 1.15 bits per heavy atom. The van der Waals surface area contributed by atoms with Gasteiger partial charge in [-0.3, -0.25) is 9.59 Å². The van der Waals surface area contributed by atoms with Crippen molar-refractivity contribution in [3.05, 3.63) is 81.6 Å². The topological polar surface area (TPSA) is 102 Å². The normalized spacial score (nSPS) is 10.7. The predicted octanol–water partition coefficient (Wildman–Crippen LogP) is 4.49. The van der Waals surface area contributed by atoms with Crippen LogP contribution in [0.3, 0.4) is 0 Å². The van der Waals surface area contributed by atoms with E-state index in [4.69, 9.17) is 32.7 Å². The second-order valence-electron chi connectivity index (χ2n) is 6.78. The number of halogens is 2. The maximum Gasteiger partial charge on any atom is 0.274 e. The highest BCUT2D eigenvalue weighted by Crippen LogP contribution is 2.36. The van der Waals surface area contributed by atoms with E-state index in [0.29, 0.717) is 17.0 Å². The first-order chi connectivity index (χ1) is 15.9. The average molecular weight is 487 g/mol. The number of methoxy groups -OCH3 is 1. The molecule has 2 aromatic carbocycles. The highest BCUT2D eigenvalue weighted by Gasteiger charge is 2.14. The highest BCUT2D eigenvalue weighted by molar-refractivity contribution is 6.33.